The lowest BCUT2D eigenvalue weighted by Gasteiger charge is -2.22. The maximum atomic E-state index is 12.1. The maximum absolute atomic E-state index is 12.1. The monoisotopic (exact) mass is 227 g/mol. The lowest BCUT2D eigenvalue weighted by molar-refractivity contribution is -0.149. The summed E-state index contributed by atoms with van der Waals surface area (Å²) in [7, 11) is 0. The van der Waals surface area contributed by atoms with Crippen molar-refractivity contribution in [3.05, 3.63) is 0 Å². The predicted molar refractivity (Wildman–Crippen MR) is 49.7 cm³/mol. The number of carboxylic acid groups (broad SMARTS) is 1. The molecule has 0 saturated heterocycles. The number of hydrogen-bond acceptors (Lipinski definition) is 2. The Balaban J connectivity index is 4.00. The number of aliphatic carboxylic acids is 1. The average molecular weight is 227 g/mol. The SMILES string of the molecule is CCCCN(CCC(=O)O)CC(F)(F)F. The van der Waals surface area contributed by atoms with Gasteiger partial charge in [0.25, 0.3) is 0 Å². The quantitative estimate of drug-likeness (QED) is 0.724. The molecule has 0 aliphatic carbocycles. The van der Waals surface area contributed by atoms with Gasteiger partial charge in [0.05, 0.1) is 13.0 Å². The summed E-state index contributed by atoms with van der Waals surface area (Å²) < 4.78 is 36.2. The molecule has 0 aliphatic heterocycles. The van der Waals surface area contributed by atoms with E-state index in [4.69, 9.17) is 5.11 Å². The minimum absolute atomic E-state index is 0.0468. The van der Waals surface area contributed by atoms with Crippen molar-refractivity contribution in [1.29, 1.82) is 0 Å². The fourth-order valence-corrected chi connectivity index (χ4v) is 1.16. The van der Waals surface area contributed by atoms with Gasteiger partial charge in [-0.15, -0.1) is 0 Å². The molecule has 15 heavy (non-hydrogen) atoms. The Morgan fingerprint density at radius 2 is 1.93 bits per heavy atom. The van der Waals surface area contributed by atoms with E-state index in [1.807, 2.05) is 6.92 Å². The Labute approximate surface area is 86.9 Å². The van der Waals surface area contributed by atoms with Crippen molar-refractivity contribution in [1.82, 2.24) is 4.90 Å². The van der Waals surface area contributed by atoms with E-state index in [-0.39, 0.29) is 13.0 Å². The van der Waals surface area contributed by atoms with E-state index in [2.05, 4.69) is 0 Å². The van der Waals surface area contributed by atoms with E-state index in [0.717, 1.165) is 11.3 Å². The molecule has 0 aromatic rings. The van der Waals surface area contributed by atoms with E-state index >= 15 is 0 Å². The van der Waals surface area contributed by atoms with Crippen LogP contribution in [0.25, 0.3) is 0 Å². The summed E-state index contributed by atoms with van der Waals surface area (Å²) in [5.74, 6) is -1.07. The summed E-state index contributed by atoms with van der Waals surface area (Å²) in [5.41, 5.74) is 0. The lowest BCUT2D eigenvalue weighted by Crippen LogP contribution is -2.36. The number of carbonyl (C=O) groups is 1. The van der Waals surface area contributed by atoms with Crippen LogP contribution >= 0.6 is 0 Å². The third kappa shape index (κ3) is 9.52. The number of alkyl halides is 3. The number of hydrogen-bond donors (Lipinski definition) is 1. The van der Waals surface area contributed by atoms with Crippen LogP contribution in [0.5, 0.6) is 0 Å². The smallest absolute Gasteiger partial charge is 0.401 e. The zero-order valence-corrected chi connectivity index (χ0v) is 8.68. The molecular formula is C9H16F3NO2. The molecular weight excluding hydrogens is 211 g/mol. The molecule has 6 heteroatoms. The molecule has 0 saturated carbocycles. The third-order valence-electron chi connectivity index (χ3n) is 1.87. The highest BCUT2D eigenvalue weighted by atomic mass is 19.4. The standard InChI is InChI=1S/C9H16F3NO2/c1-2-3-5-13(6-4-8(14)15)7-9(10,11)12/h2-7H2,1H3,(H,14,15). The molecule has 0 amide bonds. The molecule has 0 aromatic heterocycles. The minimum atomic E-state index is -4.26. The van der Waals surface area contributed by atoms with Gasteiger partial charge in [0, 0.05) is 6.54 Å². The highest BCUT2D eigenvalue weighted by molar-refractivity contribution is 5.66. The van der Waals surface area contributed by atoms with Crippen LogP contribution in [-0.2, 0) is 4.79 Å². The van der Waals surface area contributed by atoms with E-state index in [1.54, 1.807) is 0 Å². The van der Waals surface area contributed by atoms with Gasteiger partial charge in [-0.2, -0.15) is 13.2 Å². The molecule has 0 spiro atoms. The lowest BCUT2D eigenvalue weighted by atomic mass is 10.3. The molecule has 0 atom stereocenters. The Bertz CT molecular complexity index is 194. The minimum Gasteiger partial charge on any atom is -0.481 e. The van der Waals surface area contributed by atoms with Crippen LogP contribution in [0.2, 0.25) is 0 Å². The second-order valence-electron chi connectivity index (χ2n) is 3.39. The van der Waals surface area contributed by atoms with Crippen LogP contribution in [-0.4, -0.2) is 41.8 Å². The van der Waals surface area contributed by atoms with Gasteiger partial charge in [-0.05, 0) is 13.0 Å². The first-order valence-electron chi connectivity index (χ1n) is 4.86. The van der Waals surface area contributed by atoms with Gasteiger partial charge in [0.15, 0.2) is 0 Å². The summed E-state index contributed by atoms with van der Waals surface area (Å²) in [5, 5.41) is 8.38. The van der Waals surface area contributed by atoms with Crippen molar-refractivity contribution in [3.63, 3.8) is 0 Å². The molecule has 0 aromatic carbocycles. The zero-order chi connectivity index (χ0) is 11.9. The second-order valence-corrected chi connectivity index (χ2v) is 3.39. The number of unbranched alkanes of at least 4 members (excludes halogenated alkanes) is 1. The number of halogens is 3. The van der Waals surface area contributed by atoms with Gasteiger partial charge in [0.1, 0.15) is 0 Å². The van der Waals surface area contributed by atoms with Gasteiger partial charge in [0.2, 0.25) is 0 Å². The number of carboxylic acids is 1. The third-order valence-corrected chi connectivity index (χ3v) is 1.87. The Kier molecular flexibility index (Phi) is 6.31. The molecule has 0 rings (SSSR count). The Hall–Kier alpha value is -0.780. The highest BCUT2D eigenvalue weighted by Gasteiger charge is 2.30. The van der Waals surface area contributed by atoms with Gasteiger partial charge in [-0.3, -0.25) is 9.69 Å². The first-order chi connectivity index (χ1) is 6.85. The second kappa shape index (κ2) is 6.66. The topological polar surface area (TPSA) is 40.5 Å². The van der Waals surface area contributed by atoms with Crippen LogP contribution < -0.4 is 0 Å². The Morgan fingerprint density at radius 3 is 2.33 bits per heavy atom. The van der Waals surface area contributed by atoms with E-state index < -0.39 is 18.7 Å². The molecule has 0 fully saturated rings. The van der Waals surface area contributed by atoms with Gasteiger partial charge in [-0.25, -0.2) is 0 Å². The van der Waals surface area contributed by atoms with Crippen molar-refractivity contribution < 1.29 is 23.1 Å². The van der Waals surface area contributed by atoms with Gasteiger partial charge >= 0.3 is 12.1 Å². The fourth-order valence-electron chi connectivity index (χ4n) is 1.16. The predicted octanol–water partition coefficient (Wildman–Crippen LogP) is 2.13. The first kappa shape index (κ1) is 14.2. The fraction of sp³-hybridized carbons (Fsp3) is 0.889. The summed E-state index contributed by atoms with van der Waals surface area (Å²) in [6.07, 6.45) is -3.07. The molecule has 1 N–H and O–H groups in total. The van der Waals surface area contributed by atoms with Crippen molar-refractivity contribution in [2.45, 2.75) is 32.4 Å². The number of nitrogens with zero attached hydrogens (tertiary/aromatic N) is 1. The van der Waals surface area contributed by atoms with E-state index in [0.29, 0.717) is 13.0 Å². The van der Waals surface area contributed by atoms with Crippen molar-refractivity contribution in [2.75, 3.05) is 19.6 Å². The molecule has 0 radical (unpaired) electrons. The normalized spacial score (nSPS) is 12.1. The summed E-state index contributed by atoms with van der Waals surface area (Å²) in [4.78, 5) is 11.4. The van der Waals surface area contributed by atoms with Crippen LogP contribution in [0.1, 0.15) is 26.2 Å². The van der Waals surface area contributed by atoms with Gasteiger partial charge < -0.3 is 5.11 Å². The summed E-state index contributed by atoms with van der Waals surface area (Å²) >= 11 is 0. The van der Waals surface area contributed by atoms with Crippen LogP contribution in [0.3, 0.4) is 0 Å². The highest BCUT2D eigenvalue weighted by Crippen LogP contribution is 2.16. The zero-order valence-electron chi connectivity index (χ0n) is 8.68. The molecule has 3 nitrogen and oxygen atoms in total. The summed E-state index contributed by atoms with van der Waals surface area (Å²) in [6.45, 7) is 1.10. The van der Waals surface area contributed by atoms with Crippen molar-refractivity contribution >= 4 is 5.97 Å². The molecule has 0 heterocycles. The van der Waals surface area contributed by atoms with Crippen LogP contribution in [0, 0.1) is 0 Å². The average Bonchev–Trinajstić information content (AvgIpc) is 2.07. The number of rotatable bonds is 7. The summed E-state index contributed by atoms with van der Waals surface area (Å²) in [6, 6.07) is 0. The molecule has 0 aliphatic rings. The van der Waals surface area contributed by atoms with Crippen LogP contribution in [0.15, 0.2) is 0 Å². The largest absolute Gasteiger partial charge is 0.481 e. The van der Waals surface area contributed by atoms with Crippen molar-refractivity contribution in [2.24, 2.45) is 0 Å². The Morgan fingerprint density at radius 1 is 1.33 bits per heavy atom. The first-order valence-corrected chi connectivity index (χ1v) is 4.86. The van der Waals surface area contributed by atoms with Crippen LogP contribution in [0.4, 0.5) is 13.2 Å². The van der Waals surface area contributed by atoms with E-state index in [1.165, 1.54) is 0 Å². The van der Waals surface area contributed by atoms with E-state index in [9.17, 15) is 18.0 Å². The molecule has 90 valence electrons. The van der Waals surface area contributed by atoms with Gasteiger partial charge in [-0.1, -0.05) is 13.3 Å². The molecule has 0 unspecified atom stereocenters. The van der Waals surface area contributed by atoms with Crippen molar-refractivity contribution in [3.8, 4) is 0 Å². The maximum Gasteiger partial charge on any atom is 0.401 e. The molecule has 0 bridgehead atoms.